The molecule has 152 valence electrons. The fraction of sp³-hybridized carbons (Fsp3) is 0.316. The van der Waals surface area contributed by atoms with Gasteiger partial charge in [0.15, 0.2) is 15.5 Å². The second-order valence-electron chi connectivity index (χ2n) is 7.59. The van der Waals surface area contributed by atoms with Crippen LogP contribution in [0.25, 0.3) is 27.9 Å². The van der Waals surface area contributed by atoms with Gasteiger partial charge in [0.2, 0.25) is 0 Å². The lowest BCUT2D eigenvalue weighted by Crippen LogP contribution is -2.28. The summed E-state index contributed by atoms with van der Waals surface area (Å²) in [6.07, 6.45) is 6.52. The maximum absolute atomic E-state index is 13.2. The number of ether oxygens (including phenoxy) is 1. The van der Waals surface area contributed by atoms with E-state index in [1.807, 2.05) is 6.07 Å². The molecule has 0 aliphatic carbocycles. The molecule has 0 saturated carbocycles. The van der Waals surface area contributed by atoms with Gasteiger partial charge >= 0.3 is 0 Å². The van der Waals surface area contributed by atoms with Crippen LogP contribution in [0.5, 0.6) is 5.75 Å². The molecule has 0 bridgehead atoms. The van der Waals surface area contributed by atoms with Crippen LogP contribution in [0.2, 0.25) is 0 Å². The van der Waals surface area contributed by atoms with E-state index in [0.717, 1.165) is 10.9 Å². The molecule has 4 rings (SSSR count). The average Bonchev–Trinajstić information content (AvgIpc) is 3.30. The summed E-state index contributed by atoms with van der Waals surface area (Å²) in [5, 5.41) is 16.7. The standard InChI is InChI=1S/C19H21N5O4S/c1-19(2,3)29(26,27)16-11-24-14(10-20-17(24)7-15(16)28-5-4-25)12-6-13-9-22-23-18(13)21-8-12/h6-11,25H,4-5H2,1-3H3,(H,21,22,23). The lowest BCUT2D eigenvalue weighted by atomic mass is 10.2. The van der Waals surface area contributed by atoms with Gasteiger partial charge in [-0.05, 0) is 26.8 Å². The van der Waals surface area contributed by atoms with Crippen molar-refractivity contribution in [3.63, 3.8) is 0 Å². The normalized spacial score (nSPS) is 12.7. The number of aromatic amines is 1. The zero-order valence-corrected chi connectivity index (χ0v) is 17.1. The van der Waals surface area contributed by atoms with E-state index in [2.05, 4.69) is 20.2 Å². The third-order valence-electron chi connectivity index (χ3n) is 4.61. The molecule has 0 saturated heterocycles. The van der Waals surface area contributed by atoms with Gasteiger partial charge in [-0.3, -0.25) is 9.50 Å². The molecule has 9 nitrogen and oxygen atoms in total. The Labute approximate surface area is 167 Å². The van der Waals surface area contributed by atoms with Crippen molar-refractivity contribution in [2.24, 2.45) is 0 Å². The molecule has 4 aromatic rings. The molecule has 10 heteroatoms. The van der Waals surface area contributed by atoms with Crippen LogP contribution in [0.15, 0.2) is 41.8 Å². The van der Waals surface area contributed by atoms with E-state index < -0.39 is 14.6 Å². The highest BCUT2D eigenvalue weighted by Crippen LogP contribution is 2.34. The summed E-state index contributed by atoms with van der Waals surface area (Å²) in [4.78, 5) is 8.78. The van der Waals surface area contributed by atoms with Crippen LogP contribution in [0, 0.1) is 0 Å². The Hall–Kier alpha value is -2.98. The van der Waals surface area contributed by atoms with E-state index in [1.165, 1.54) is 6.20 Å². The molecule has 0 radical (unpaired) electrons. The second-order valence-corrected chi connectivity index (χ2v) is 10.3. The van der Waals surface area contributed by atoms with Crippen molar-refractivity contribution in [3.05, 3.63) is 36.9 Å². The van der Waals surface area contributed by atoms with Gasteiger partial charge in [-0.1, -0.05) is 0 Å². The van der Waals surface area contributed by atoms with Crippen molar-refractivity contribution in [1.82, 2.24) is 24.6 Å². The number of aromatic nitrogens is 5. The van der Waals surface area contributed by atoms with Crippen LogP contribution >= 0.6 is 0 Å². The molecule has 4 aromatic heterocycles. The molecule has 0 unspecified atom stereocenters. The van der Waals surface area contributed by atoms with Crippen LogP contribution in [-0.2, 0) is 9.84 Å². The summed E-state index contributed by atoms with van der Waals surface area (Å²) < 4.78 is 32.6. The number of aliphatic hydroxyl groups is 1. The molecule has 4 heterocycles. The first kappa shape index (κ1) is 19.3. The van der Waals surface area contributed by atoms with Gasteiger partial charge in [0, 0.05) is 29.4 Å². The number of H-pyrrole nitrogens is 1. The first-order valence-electron chi connectivity index (χ1n) is 9.01. The summed E-state index contributed by atoms with van der Waals surface area (Å²) in [5.41, 5.74) is 2.65. The Morgan fingerprint density at radius 3 is 2.69 bits per heavy atom. The number of nitrogens with one attached hydrogen (secondary N) is 1. The highest BCUT2D eigenvalue weighted by molar-refractivity contribution is 7.92. The molecule has 0 aromatic carbocycles. The minimum absolute atomic E-state index is 0.0164. The molecule has 0 spiro atoms. The Morgan fingerprint density at radius 2 is 1.97 bits per heavy atom. The predicted octanol–water partition coefficient (Wildman–Crippen LogP) is 2.22. The summed E-state index contributed by atoms with van der Waals surface area (Å²) >= 11 is 0. The molecule has 0 atom stereocenters. The van der Waals surface area contributed by atoms with Crippen molar-refractivity contribution in [2.45, 2.75) is 30.4 Å². The number of pyridine rings is 2. The first-order valence-corrected chi connectivity index (χ1v) is 10.5. The summed E-state index contributed by atoms with van der Waals surface area (Å²) in [5.74, 6) is 0.169. The maximum atomic E-state index is 13.2. The predicted molar refractivity (Wildman–Crippen MR) is 108 cm³/mol. The Bertz CT molecular complexity index is 1300. The smallest absolute Gasteiger partial charge is 0.188 e. The van der Waals surface area contributed by atoms with Crippen LogP contribution in [-0.4, -0.2) is 56.1 Å². The zero-order chi connectivity index (χ0) is 20.8. The fourth-order valence-electron chi connectivity index (χ4n) is 2.98. The fourth-order valence-corrected chi connectivity index (χ4v) is 4.26. The van der Waals surface area contributed by atoms with Crippen LogP contribution in [0.3, 0.4) is 0 Å². The third kappa shape index (κ3) is 3.23. The highest BCUT2D eigenvalue weighted by Gasteiger charge is 2.34. The van der Waals surface area contributed by atoms with E-state index in [-0.39, 0.29) is 23.9 Å². The van der Waals surface area contributed by atoms with Gasteiger partial charge in [0.1, 0.15) is 22.9 Å². The zero-order valence-electron chi connectivity index (χ0n) is 16.2. The SMILES string of the molecule is CC(C)(C)S(=O)(=O)c1cn2c(-c3cnc4[nH]ncc4c3)cnc2cc1OCCO. The van der Waals surface area contributed by atoms with Gasteiger partial charge in [-0.15, -0.1) is 0 Å². The van der Waals surface area contributed by atoms with Gasteiger partial charge < -0.3 is 9.84 Å². The summed E-state index contributed by atoms with van der Waals surface area (Å²) in [6, 6.07) is 3.48. The number of nitrogens with zero attached hydrogens (tertiary/aromatic N) is 4. The largest absolute Gasteiger partial charge is 0.490 e. The number of hydrogen-bond donors (Lipinski definition) is 2. The van der Waals surface area contributed by atoms with Gasteiger partial charge in [-0.2, -0.15) is 5.10 Å². The first-order chi connectivity index (χ1) is 13.7. The lowest BCUT2D eigenvalue weighted by molar-refractivity contribution is 0.198. The van der Waals surface area contributed by atoms with E-state index >= 15 is 0 Å². The van der Waals surface area contributed by atoms with Crippen LogP contribution < -0.4 is 4.74 Å². The Kier molecular flexibility index (Phi) is 4.55. The molecule has 0 aliphatic rings. The van der Waals surface area contributed by atoms with Crippen molar-refractivity contribution < 1.29 is 18.3 Å². The number of hydrogen-bond acceptors (Lipinski definition) is 7. The summed E-state index contributed by atoms with van der Waals surface area (Å²) in [6.45, 7) is 4.66. The lowest BCUT2D eigenvalue weighted by Gasteiger charge is -2.21. The van der Waals surface area contributed by atoms with Crippen molar-refractivity contribution in [1.29, 1.82) is 0 Å². The molecule has 0 aliphatic heterocycles. The van der Waals surface area contributed by atoms with Crippen LogP contribution in [0.1, 0.15) is 20.8 Å². The summed E-state index contributed by atoms with van der Waals surface area (Å²) in [7, 11) is -3.72. The average molecular weight is 415 g/mol. The molecule has 29 heavy (non-hydrogen) atoms. The highest BCUT2D eigenvalue weighted by atomic mass is 32.2. The van der Waals surface area contributed by atoms with E-state index in [0.29, 0.717) is 17.0 Å². The van der Waals surface area contributed by atoms with Gasteiger partial charge in [-0.25, -0.2) is 18.4 Å². The second kappa shape index (κ2) is 6.82. The Morgan fingerprint density at radius 1 is 1.17 bits per heavy atom. The van der Waals surface area contributed by atoms with Gasteiger partial charge in [0.25, 0.3) is 0 Å². The van der Waals surface area contributed by atoms with E-state index in [4.69, 9.17) is 9.84 Å². The van der Waals surface area contributed by atoms with Crippen molar-refractivity contribution in [2.75, 3.05) is 13.2 Å². The quantitative estimate of drug-likeness (QED) is 0.512. The van der Waals surface area contributed by atoms with E-state index in [1.54, 1.807) is 49.8 Å². The van der Waals surface area contributed by atoms with Crippen LogP contribution in [0.4, 0.5) is 0 Å². The number of aliphatic hydroxyl groups excluding tert-OH is 1. The third-order valence-corrected chi connectivity index (χ3v) is 7.10. The molecule has 0 fully saturated rings. The molecular formula is C19H21N5O4S. The molecule has 2 N–H and O–H groups in total. The monoisotopic (exact) mass is 415 g/mol. The minimum Gasteiger partial charge on any atom is -0.490 e. The van der Waals surface area contributed by atoms with Gasteiger partial charge in [0.05, 0.1) is 29.4 Å². The minimum atomic E-state index is -3.72. The maximum Gasteiger partial charge on any atom is 0.188 e. The number of sulfone groups is 1. The van der Waals surface area contributed by atoms with E-state index in [9.17, 15) is 8.42 Å². The molecule has 0 amide bonds. The number of fused-ring (bicyclic) bond motifs is 2. The molecular weight excluding hydrogens is 394 g/mol. The number of imidazole rings is 1. The van der Waals surface area contributed by atoms with Crippen molar-refractivity contribution >= 4 is 26.5 Å². The Balaban J connectivity index is 1.94. The van der Waals surface area contributed by atoms with Crippen molar-refractivity contribution in [3.8, 4) is 17.0 Å². The topological polar surface area (TPSA) is 122 Å². The number of rotatable bonds is 5.